The van der Waals surface area contributed by atoms with E-state index in [1.165, 1.54) is 27.8 Å². The molecule has 0 spiro atoms. The molecule has 2 heterocycles. The molecule has 4 rings (SSSR count). The number of rotatable bonds is 5. The molecular weight excluding hydrogens is 437 g/mol. The lowest BCUT2D eigenvalue weighted by Crippen LogP contribution is -2.49. The minimum Gasteiger partial charge on any atom is -0.301 e. The number of aromatic nitrogens is 1. The Morgan fingerprint density at radius 2 is 1.84 bits per heavy atom. The quantitative estimate of drug-likeness (QED) is 0.612. The highest BCUT2D eigenvalue weighted by Crippen LogP contribution is 2.29. The highest BCUT2D eigenvalue weighted by atomic mass is 32.2. The highest BCUT2D eigenvalue weighted by molar-refractivity contribution is 7.89. The molecule has 0 saturated carbocycles. The van der Waals surface area contributed by atoms with Crippen molar-refractivity contribution in [3.63, 3.8) is 0 Å². The van der Waals surface area contributed by atoms with Crippen LogP contribution >= 0.6 is 11.3 Å². The van der Waals surface area contributed by atoms with Gasteiger partial charge < -0.3 is 5.32 Å². The van der Waals surface area contributed by atoms with E-state index in [9.17, 15) is 17.6 Å². The predicted molar refractivity (Wildman–Crippen MR) is 119 cm³/mol. The van der Waals surface area contributed by atoms with E-state index >= 15 is 0 Å². The van der Waals surface area contributed by atoms with Crippen molar-refractivity contribution in [3.05, 3.63) is 65.3 Å². The lowest BCUT2D eigenvalue weighted by atomic mass is 10.0. The number of amides is 1. The molecule has 2 aromatic carbocycles. The van der Waals surface area contributed by atoms with Gasteiger partial charge in [-0.1, -0.05) is 24.1 Å². The third-order valence-electron chi connectivity index (χ3n) is 5.26. The van der Waals surface area contributed by atoms with Crippen molar-refractivity contribution in [2.45, 2.75) is 37.1 Å². The van der Waals surface area contributed by atoms with Crippen LogP contribution in [0.5, 0.6) is 0 Å². The van der Waals surface area contributed by atoms with Gasteiger partial charge in [0.05, 0.1) is 10.6 Å². The van der Waals surface area contributed by atoms with Gasteiger partial charge in [-0.15, -0.1) is 11.3 Å². The van der Waals surface area contributed by atoms with E-state index < -0.39 is 22.0 Å². The Hall–Kier alpha value is -2.62. The maximum atomic E-state index is 13.2. The Bertz CT molecular complexity index is 1180. The normalized spacial score (nSPS) is 17.4. The Morgan fingerprint density at radius 3 is 2.55 bits per heavy atom. The molecule has 1 fully saturated rings. The molecule has 1 atom stereocenters. The minimum atomic E-state index is -3.79. The average molecular weight is 460 g/mol. The summed E-state index contributed by atoms with van der Waals surface area (Å²) >= 11 is 1.24. The van der Waals surface area contributed by atoms with Crippen molar-refractivity contribution in [1.29, 1.82) is 0 Å². The van der Waals surface area contributed by atoms with Crippen molar-refractivity contribution >= 4 is 32.4 Å². The molecule has 3 aromatic rings. The van der Waals surface area contributed by atoms with Gasteiger partial charge in [-0.2, -0.15) is 4.31 Å². The molecule has 1 N–H and O–H groups in total. The third-order valence-corrected chi connectivity index (χ3v) is 7.94. The number of piperidine rings is 1. The van der Waals surface area contributed by atoms with Crippen molar-refractivity contribution in [1.82, 2.24) is 9.29 Å². The molecule has 0 unspecified atom stereocenters. The van der Waals surface area contributed by atoms with Gasteiger partial charge in [-0.25, -0.2) is 17.8 Å². The average Bonchev–Trinajstić information content (AvgIpc) is 3.23. The number of hydrogen-bond acceptors (Lipinski definition) is 5. The smallest absolute Gasteiger partial charge is 0.244 e. The lowest BCUT2D eigenvalue weighted by molar-refractivity contribution is -0.120. The van der Waals surface area contributed by atoms with Crippen LogP contribution in [0, 0.1) is 12.7 Å². The topological polar surface area (TPSA) is 79.4 Å². The number of thiazole rings is 1. The highest BCUT2D eigenvalue weighted by Gasteiger charge is 2.37. The molecule has 1 aliphatic rings. The number of anilines is 1. The van der Waals surface area contributed by atoms with Crippen LogP contribution in [-0.2, 0) is 14.8 Å². The molecule has 0 bridgehead atoms. The first-order valence-electron chi connectivity index (χ1n) is 9.95. The summed E-state index contributed by atoms with van der Waals surface area (Å²) < 4.78 is 40.8. The molecule has 0 radical (unpaired) electrons. The van der Waals surface area contributed by atoms with Crippen LogP contribution in [0.25, 0.3) is 11.3 Å². The van der Waals surface area contributed by atoms with Gasteiger partial charge >= 0.3 is 0 Å². The molecular formula is C22H22FN3O3S2. The Labute approximate surface area is 184 Å². The van der Waals surface area contributed by atoms with Crippen LogP contribution < -0.4 is 5.32 Å². The maximum absolute atomic E-state index is 13.2. The molecule has 0 aliphatic carbocycles. The van der Waals surface area contributed by atoms with Gasteiger partial charge in [-0.3, -0.25) is 4.79 Å². The van der Waals surface area contributed by atoms with Crippen LogP contribution in [-0.4, -0.2) is 36.2 Å². The summed E-state index contributed by atoms with van der Waals surface area (Å²) in [5, 5.41) is 4.91. The number of carbonyl (C=O) groups is 1. The Morgan fingerprint density at radius 1 is 1.13 bits per heavy atom. The zero-order chi connectivity index (χ0) is 22.0. The summed E-state index contributed by atoms with van der Waals surface area (Å²) in [7, 11) is -3.79. The molecule has 1 amide bonds. The second-order valence-corrected chi connectivity index (χ2v) is 10.2. The van der Waals surface area contributed by atoms with E-state index in [4.69, 9.17) is 0 Å². The van der Waals surface area contributed by atoms with Crippen LogP contribution in [0.1, 0.15) is 24.8 Å². The van der Waals surface area contributed by atoms with Crippen molar-refractivity contribution in [2.75, 3.05) is 11.9 Å². The zero-order valence-electron chi connectivity index (χ0n) is 16.9. The number of carbonyl (C=O) groups excluding carboxylic acids is 1. The van der Waals surface area contributed by atoms with E-state index in [0.29, 0.717) is 30.2 Å². The van der Waals surface area contributed by atoms with Crippen molar-refractivity contribution < 1.29 is 17.6 Å². The van der Waals surface area contributed by atoms with Crippen molar-refractivity contribution in [2.24, 2.45) is 0 Å². The van der Waals surface area contributed by atoms with E-state index in [1.807, 2.05) is 6.92 Å². The summed E-state index contributed by atoms with van der Waals surface area (Å²) in [5.74, 6) is -0.727. The van der Waals surface area contributed by atoms with Gasteiger partial charge in [0, 0.05) is 17.5 Å². The van der Waals surface area contributed by atoms with Crippen LogP contribution in [0.4, 0.5) is 9.52 Å². The van der Waals surface area contributed by atoms with Gasteiger partial charge in [0.1, 0.15) is 11.9 Å². The number of sulfonamides is 1. The van der Waals surface area contributed by atoms with Gasteiger partial charge in [0.2, 0.25) is 15.9 Å². The molecule has 1 aliphatic heterocycles. The standard InChI is InChI=1S/C22H22FN3O3S2/c1-15-5-11-18(12-6-15)31(28,29)26-13-3-2-4-20(26)21(27)25-22-24-19(14-30-22)16-7-9-17(23)10-8-16/h5-12,14,20H,2-4,13H2,1H3,(H,24,25,27)/t20-/m1/s1. The maximum Gasteiger partial charge on any atom is 0.244 e. The van der Waals surface area contributed by atoms with Crippen LogP contribution in [0.3, 0.4) is 0 Å². The minimum absolute atomic E-state index is 0.186. The SMILES string of the molecule is Cc1ccc(S(=O)(=O)N2CCCC[C@@H]2C(=O)Nc2nc(-c3ccc(F)cc3)cs2)cc1. The Balaban J connectivity index is 1.53. The number of hydrogen-bond donors (Lipinski definition) is 1. The summed E-state index contributed by atoms with van der Waals surface area (Å²) in [4.78, 5) is 17.6. The van der Waals surface area contributed by atoms with E-state index in [0.717, 1.165) is 17.5 Å². The number of nitrogens with one attached hydrogen (secondary N) is 1. The summed E-state index contributed by atoms with van der Waals surface area (Å²) in [5.41, 5.74) is 2.32. The molecule has 31 heavy (non-hydrogen) atoms. The molecule has 6 nitrogen and oxygen atoms in total. The van der Waals surface area contributed by atoms with Crippen molar-refractivity contribution in [3.8, 4) is 11.3 Å². The fourth-order valence-electron chi connectivity index (χ4n) is 3.57. The zero-order valence-corrected chi connectivity index (χ0v) is 18.5. The first kappa shape index (κ1) is 21.6. The van der Waals surface area contributed by atoms with E-state index in [2.05, 4.69) is 10.3 Å². The molecule has 162 valence electrons. The number of aryl methyl sites for hydroxylation is 1. The first-order valence-corrected chi connectivity index (χ1v) is 12.3. The molecule has 9 heteroatoms. The van der Waals surface area contributed by atoms with Crippen LogP contribution in [0.15, 0.2) is 58.8 Å². The lowest BCUT2D eigenvalue weighted by Gasteiger charge is -2.33. The summed E-state index contributed by atoms with van der Waals surface area (Å²) in [6.45, 7) is 2.19. The Kier molecular flexibility index (Phi) is 6.17. The fraction of sp³-hybridized carbons (Fsp3) is 0.273. The van der Waals surface area contributed by atoms with Crippen LogP contribution in [0.2, 0.25) is 0 Å². The fourth-order valence-corrected chi connectivity index (χ4v) is 5.95. The van der Waals surface area contributed by atoms with E-state index in [-0.39, 0.29) is 10.7 Å². The first-order chi connectivity index (χ1) is 14.8. The van der Waals surface area contributed by atoms with Gasteiger partial charge in [-0.05, 0) is 56.2 Å². The number of nitrogens with zero attached hydrogens (tertiary/aromatic N) is 2. The molecule has 1 aromatic heterocycles. The largest absolute Gasteiger partial charge is 0.301 e. The molecule has 1 saturated heterocycles. The monoisotopic (exact) mass is 459 g/mol. The number of halogens is 1. The van der Waals surface area contributed by atoms with E-state index in [1.54, 1.807) is 41.8 Å². The third kappa shape index (κ3) is 4.68. The number of benzene rings is 2. The summed E-state index contributed by atoms with van der Waals surface area (Å²) in [6, 6.07) is 11.8. The summed E-state index contributed by atoms with van der Waals surface area (Å²) in [6.07, 6.45) is 1.94. The van der Waals surface area contributed by atoms with Gasteiger partial charge in [0.15, 0.2) is 5.13 Å². The predicted octanol–water partition coefficient (Wildman–Crippen LogP) is 4.44. The second-order valence-electron chi connectivity index (χ2n) is 7.47. The second kappa shape index (κ2) is 8.86. The van der Waals surface area contributed by atoms with Gasteiger partial charge in [0.25, 0.3) is 0 Å².